The Morgan fingerprint density at radius 1 is 0.973 bits per heavy atom. The molecule has 2 amide bonds. The fraction of sp³-hybridized carbons (Fsp3) is 0.222. The molecule has 8 nitrogen and oxygen atoms in total. The summed E-state index contributed by atoms with van der Waals surface area (Å²) in [7, 11) is 1.52. The number of amides is 2. The summed E-state index contributed by atoms with van der Waals surface area (Å²) in [4.78, 5) is 32.8. The van der Waals surface area contributed by atoms with Gasteiger partial charge in [-0.25, -0.2) is 9.18 Å². The normalized spacial score (nSPS) is 15.1. The SMILES string of the molecule is CO/N=C1/CCCCN1c1ccc(NC(=O)C(OC(=O)Nc2ccc(Cl)cc2)c2ccccc2F)cc1. The van der Waals surface area contributed by atoms with Crippen molar-refractivity contribution < 1.29 is 23.6 Å². The van der Waals surface area contributed by atoms with E-state index in [2.05, 4.69) is 20.7 Å². The minimum atomic E-state index is -1.53. The molecule has 3 aromatic rings. The third-order valence-corrected chi connectivity index (χ3v) is 5.98. The van der Waals surface area contributed by atoms with Crippen molar-refractivity contribution in [2.75, 3.05) is 29.2 Å². The number of benzene rings is 3. The summed E-state index contributed by atoms with van der Waals surface area (Å²) in [6, 6.07) is 19.1. The first kappa shape index (κ1) is 26.0. The zero-order valence-electron chi connectivity index (χ0n) is 20.1. The highest BCUT2D eigenvalue weighted by atomic mass is 35.5. The molecule has 1 unspecified atom stereocenters. The number of hydrogen-bond donors (Lipinski definition) is 2. The molecule has 4 rings (SSSR count). The van der Waals surface area contributed by atoms with Gasteiger partial charge in [-0.15, -0.1) is 0 Å². The van der Waals surface area contributed by atoms with Crippen molar-refractivity contribution in [2.24, 2.45) is 5.16 Å². The molecule has 1 heterocycles. The maximum absolute atomic E-state index is 14.6. The number of carbonyl (C=O) groups is 2. The van der Waals surface area contributed by atoms with Crippen molar-refractivity contribution in [1.82, 2.24) is 0 Å². The molecule has 10 heteroatoms. The second-order valence-electron chi connectivity index (χ2n) is 8.27. The molecule has 0 aliphatic carbocycles. The number of halogens is 2. The Hall–Kier alpha value is -4.11. The van der Waals surface area contributed by atoms with Gasteiger partial charge in [0.05, 0.1) is 0 Å². The number of oxime groups is 1. The van der Waals surface area contributed by atoms with Gasteiger partial charge in [0.2, 0.25) is 6.10 Å². The first-order valence-corrected chi connectivity index (χ1v) is 12.1. The van der Waals surface area contributed by atoms with E-state index >= 15 is 0 Å². The Labute approximate surface area is 219 Å². The first-order chi connectivity index (χ1) is 17.9. The predicted molar refractivity (Wildman–Crippen MR) is 141 cm³/mol. The molecular formula is C27H26ClFN4O4. The quantitative estimate of drug-likeness (QED) is 0.351. The highest BCUT2D eigenvalue weighted by Crippen LogP contribution is 2.26. The molecule has 1 atom stereocenters. The number of nitrogens with one attached hydrogen (secondary N) is 2. The molecule has 37 heavy (non-hydrogen) atoms. The van der Waals surface area contributed by atoms with Crippen molar-refractivity contribution in [1.29, 1.82) is 0 Å². The monoisotopic (exact) mass is 524 g/mol. The van der Waals surface area contributed by atoms with E-state index in [1.807, 2.05) is 12.1 Å². The van der Waals surface area contributed by atoms with Crippen LogP contribution in [0.25, 0.3) is 0 Å². The zero-order chi connectivity index (χ0) is 26.2. The largest absolute Gasteiger partial charge is 0.431 e. The van der Waals surface area contributed by atoms with Crippen LogP contribution in [0.1, 0.15) is 30.9 Å². The van der Waals surface area contributed by atoms with E-state index in [4.69, 9.17) is 21.2 Å². The second kappa shape index (κ2) is 12.2. The summed E-state index contributed by atoms with van der Waals surface area (Å²) in [6.45, 7) is 0.805. The maximum atomic E-state index is 14.6. The van der Waals surface area contributed by atoms with Gasteiger partial charge in [-0.3, -0.25) is 10.1 Å². The number of amidine groups is 1. The molecule has 0 aromatic heterocycles. The summed E-state index contributed by atoms with van der Waals surface area (Å²) >= 11 is 5.87. The molecular weight excluding hydrogens is 499 g/mol. The zero-order valence-corrected chi connectivity index (χ0v) is 20.9. The van der Waals surface area contributed by atoms with Crippen LogP contribution in [-0.2, 0) is 14.4 Å². The van der Waals surface area contributed by atoms with Crippen LogP contribution in [0.4, 0.5) is 26.2 Å². The molecule has 192 valence electrons. The van der Waals surface area contributed by atoms with Crippen molar-refractivity contribution in [3.63, 3.8) is 0 Å². The summed E-state index contributed by atoms with van der Waals surface area (Å²) in [5, 5.41) is 9.84. The van der Waals surface area contributed by atoms with Gasteiger partial charge < -0.3 is 19.8 Å². The molecule has 1 saturated heterocycles. The smallest absolute Gasteiger partial charge is 0.412 e. The third-order valence-electron chi connectivity index (χ3n) is 5.73. The van der Waals surface area contributed by atoms with Gasteiger partial charge in [-0.2, -0.15) is 0 Å². The van der Waals surface area contributed by atoms with E-state index in [1.54, 1.807) is 42.5 Å². The molecule has 0 spiro atoms. The summed E-state index contributed by atoms with van der Waals surface area (Å²) < 4.78 is 20.0. The van der Waals surface area contributed by atoms with Crippen LogP contribution in [0.3, 0.4) is 0 Å². The predicted octanol–water partition coefficient (Wildman–Crippen LogP) is 6.36. The fourth-order valence-electron chi connectivity index (χ4n) is 3.96. The van der Waals surface area contributed by atoms with Crippen LogP contribution < -0.4 is 15.5 Å². The minimum absolute atomic E-state index is 0.0726. The van der Waals surface area contributed by atoms with Gasteiger partial charge in [-0.1, -0.05) is 35.0 Å². The lowest BCUT2D eigenvalue weighted by Crippen LogP contribution is -2.35. The molecule has 0 radical (unpaired) electrons. The van der Waals surface area contributed by atoms with E-state index in [-0.39, 0.29) is 5.56 Å². The average molecular weight is 525 g/mol. The van der Waals surface area contributed by atoms with Gasteiger partial charge in [-0.05, 0) is 67.4 Å². The standard InChI is InChI=1S/C27H26ClFN4O4/c1-36-32-24-8-4-5-17-33(24)21-15-13-19(14-16-21)30-26(34)25(22-6-2-3-7-23(22)29)37-27(35)31-20-11-9-18(28)10-12-20/h2-3,6-7,9-16,25H,4-5,8,17H2,1H3,(H,30,34)(H,31,35)/b32-24-. The van der Waals surface area contributed by atoms with Crippen molar-refractivity contribution >= 4 is 46.5 Å². The summed E-state index contributed by atoms with van der Waals surface area (Å²) in [5.74, 6) is -0.540. The van der Waals surface area contributed by atoms with Gasteiger partial charge in [0.15, 0.2) is 0 Å². The maximum Gasteiger partial charge on any atom is 0.412 e. The number of hydrogen-bond acceptors (Lipinski definition) is 5. The fourth-order valence-corrected chi connectivity index (χ4v) is 4.09. The van der Waals surface area contributed by atoms with Crippen LogP contribution in [0, 0.1) is 5.82 Å². The lowest BCUT2D eigenvalue weighted by molar-refractivity contribution is -0.124. The van der Waals surface area contributed by atoms with E-state index in [1.165, 1.54) is 25.3 Å². The summed E-state index contributed by atoms with van der Waals surface area (Å²) in [5.41, 5.74) is 1.69. The van der Waals surface area contributed by atoms with Crippen LogP contribution >= 0.6 is 11.6 Å². The van der Waals surface area contributed by atoms with Crippen LogP contribution in [-0.4, -0.2) is 31.5 Å². The molecule has 0 bridgehead atoms. The van der Waals surface area contributed by atoms with Crippen LogP contribution in [0.2, 0.25) is 5.02 Å². The Morgan fingerprint density at radius 2 is 1.65 bits per heavy atom. The van der Waals surface area contributed by atoms with Crippen molar-refractivity contribution in [3.05, 3.63) is 89.2 Å². The molecule has 1 aliphatic heterocycles. The highest BCUT2D eigenvalue weighted by Gasteiger charge is 2.28. The third kappa shape index (κ3) is 6.77. The highest BCUT2D eigenvalue weighted by molar-refractivity contribution is 6.30. The lowest BCUT2D eigenvalue weighted by Gasteiger charge is -2.29. The van der Waals surface area contributed by atoms with E-state index in [0.717, 1.165) is 37.3 Å². The average Bonchev–Trinajstić information content (AvgIpc) is 2.90. The number of rotatable bonds is 7. The molecule has 3 aromatic carbocycles. The topological polar surface area (TPSA) is 92.3 Å². The number of anilines is 3. The van der Waals surface area contributed by atoms with Gasteiger partial charge in [0.25, 0.3) is 5.91 Å². The Kier molecular flexibility index (Phi) is 8.58. The van der Waals surface area contributed by atoms with Gasteiger partial charge >= 0.3 is 6.09 Å². The van der Waals surface area contributed by atoms with Crippen LogP contribution in [0.5, 0.6) is 0 Å². The minimum Gasteiger partial charge on any atom is -0.431 e. The van der Waals surface area contributed by atoms with Crippen LogP contribution in [0.15, 0.2) is 78.0 Å². The summed E-state index contributed by atoms with van der Waals surface area (Å²) in [6.07, 6.45) is 0.426. The number of carbonyl (C=O) groups excluding carboxylic acids is 2. The Morgan fingerprint density at radius 3 is 2.35 bits per heavy atom. The Balaban J connectivity index is 1.49. The van der Waals surface area contributed by atoms with E-state index in [0.29, 0.717) is 16.4 Å². The number of nitrogens with zero attached hydrogens (tertiary/aromatic N) is 2. The van der Waals surface area contributed by atoms with E-state index in [9.17, 15) is 14.0 Å². The molecule has 1 fully saturated rings. The molecule has 0 saturated carbocycles. The van der Waals surface area contributed by atoms with Crippen molar-refractivity contribution in [3.8, 4) is 0 Å². The van der Waals surface area contributed by atoms with Gasteiger partial charge in [0.1, 0.15) is 18.8 Å². The number of ether oxygens (including phenoxy) is 1. The molecule has 1 aliphatic rings. The second-order valence-corrected chi connectivity index (χ2v) is 8.71. The van der Waals surface area contributed by atoms with E-state index < -0.39 is 23.9 Å². The van der Waals surface area contributed by atoms with Gasteiger partial charge in [0, 0.05) is 40.6 Å². The Bertz CT molecular complexity index is 1270. The van der Waals surface area contributed by atoms with Crippen molar-refractivity contribution in [2.45, 2.75) is 25.4 Å². The number of piperidine rings is 1. The molecule has 2 N–H and O–H groups in total. The lowest BCUT2D eigenvalue weighted by atomic mass is 10.1. The first-order valence-electron chi connectivity index (χ1n) is 11.7.